The third-order valence-corrected chi connectivity index (χ3v) is 4.79. The van der Waals surface area contributed by atoms with E-state index >= 15 is 0 Å². The van der Waals surface area contributed by atoms with Crippen molar-refractivity contribution < 1.29 is 0 Å². The van der Waals surface area contributed by atoms with Crippen molar-refractivity contribution in [2.75, 3.05) is 26.2 Å². The van der Waals surface area contributed by atoms with Gasteiger partial charge in [-0.3, -0.25) is 0 Å². The Labute approximate surface area is 124 Å². The second-order valence-corrected chi connectivity index (χ2v) is 6.34. The molecule has 1 N–H and O–H groups in total. The van der Waals surface area contributed by atoms with Gasteiger partial charge in [0.25, 0.3) is 0 Å². The standard InChI is InChI=1S/C17H31N3/c1-5-20-15(3)12-17(16(20)4)13-18-8-11-19-9-6-14(2)7-10-19/h12,14,18H,5-11,13H2,1-4H3. The minimum atomic E-state index is 0.929. The Morgan fingerprint density at radius 2 is 1.95 bits per heavy atom. The molecule has 114 valence electrons. The minimum absolute atomic E-state index is 0.929. The fourth-order valence-electron chi connectivity index (χ4n) is 3.28. The molecular formula is C17H31N3. The zero-order valence-corrected chi connectivity index (χ0v) is 13.7. The molecule has 3 heteroatoms. The number of hydrogen-bond acceptors (Lipinski definition) is 2. The van der Waals surface area contributed by atoms with E-state index in [0.717, 1.165) is 25.6 Å². The zero-order valence-electron chi connectivity index (χ0n) is 13.7. The van der Waals surface area contributed by atoms with Crippen molar-refractivity contribution in [3.63, 3.8) is 0 Å². The summed E-state index contributed by atoms with van der Waals surface area (Å²) in [6, 6.07) is 2.33. The summed E-state index contributed by atoms with van der Waals surface area (Å²) in [7, 11) is 0. The maximum Gasteiger partial charge on any atom is 0.0223 e. The minimum Gasteiger partial charge on any atom is -0.349 e. The molecule has 2 rings (SSSR count). The fraction of sp³-hybridized carbons (Fsp3) is 0.765. The summed E-state index contributed by atoms with van der Waals surface area (Å²) in [4.78, 5) is 2.60. The summed E-state index contributed by atoms with van der Waals surface area (Å²) < 4.78 is 2.39. The number of rotatable bonds is 6. The third-order valence-electron chi connectivity index (χ3n) is 4.79. The molecule has 0 amide bonds. The van der Waals surface area contributed by atoms with Crippen LogP contribution in [0.4, 0.5) is 0 Å². The normalized spacial score (nSPS) is 17.8. The van der Waals surface area contributed by atoms with E-state index in [1.807, 2.05) is 0 Å². The Morgan fingerprint density at radius 3 is 2.55 bits per heavy atom. The highest BCUT2D eigenvalue weighted by Gasteiger charge is 2.14. The molecule has 1 aromatic rings. The van der Waals surface area contributed by atoms with Gasteiger partial charge in [-0.15, -0.1) is 0 Å². The van der Waals surface area contributed by atoms with Gasteiger partial charge in [-0.1, -0.05) is 6.92 Å². The molecule has 1 aliphatic heterocycles. The molecule has 0 atom stereocenters. The smallest absolute Gasteiger partial charge is 0.0223 e. The average molecular weight is 277 g/mol. The molecule has 0 bridgehead atoms. The molecule has 3 nitrogen and oxygen atoms in total. The van der Waals surface area contributed by atoms with Crippen LogP contribution in [0, 0.1) is 19.8 Å². The first-order valence-corrected chi connectivity index (χ1v) is 8.20. The van der Waals surface area contributed by atoms with Crippen LogP contribution in [-0.4, -0.2) is 35.6 Å². The fourth-order valence-corrected chi connectivity index (χ4v) is 3.28. The molecule has 0 radical (unpaired) electrons. The predicted molar refractivity (Wildman–Crippen MR) is 86.1 cm³/mol. The highest BCUT2D eigenvalue weighted by Crippen LogP contribution is 2.16. The first-order valence-electron chi connectivity index (χ1n) is 8.20. The van der Waals surface area contributed by atoms with Gasteiger partial charge in [0.2, 0.25) is 0 Å². The molecule has 20 heavy (non-hydrogen) atoms. The molecule has 1 aromatic heterocycles. The number of aryl methyl sites for hydroxylation is 1. The monoisotopic (exact) mass is 277 g/mol. The first kappa shape index (κ1) is 15.6. The lowest BCUT2D eigenvalue weighted by Crippen LogP contribution is -2.37. The van der Waals surface area contributed by atoms with Crippen molar-refractivity contribution in [1.82, 2.24) is 14.8 Å². The number of likely N-dealkylation sites (tertiary alicyclic amines) is 1. The Kier molecular flexibility index (Phi) is 5.67. The molecule has 1 saturated heterocycles. The van der Waals surface area contributed by atoms with Crippen molar-refractivity contribution in [2.24, 2.45) is 5.92 Å². The summed E-state index contributed by atoms with van der Waals surface area (Å²) in [5, 5.41) is 3.61. The molecule has 0 unspecified atom stereocenters. The second-order valence-electron chi connectivity index (χ2n) is 6.34. The molecule has 0 spiro atoms. The molecule has 0 saturated carbocycles. The van der Waals surface area contributed by atoms with Gasteiger partial charge in [-0.25, -0.2) is 0 Å². The van der Waals surface area contributed by atoms with E-state index in [4.69, 9.17) is 0 Å². The van der Waals surface area contributed by atoms with Gasteiger partial charge >= 0.3 is 0 Å². The average Bonchev–Trinajstić information content (AvgIpc) is 2.71. The number of hydrogen-bond donors (Lipinski definition) is 1. The first-order chi connectivity index (χ1) is 9.61. The van der Waals surface area contributed by atoms with Crippen LogP contribution in [-0.2, 0) is 13.1 Å². The molecule has 1 fully saturated rings. The zero-order chi connectivity index (χ0) is 14.5. The van der Waals surface area contributed by atoms with Gasteiger partial charge in [0.05, 0.1) is 0 Å². The summed E-state index contributed by atoms with van der Waals surface area (Å²) in [5.41, 5.74) is 4.26. The van der Waals surface area contributed by atoms with Crippen LogP contribution in [0.2, 0.25) is 0 Å². The summed E-state index contributed by atoms with van der Waals surface area (Å²) in [5.74, 6) is 0.929. The van der Waals surface area contributed by atoms with Crippen LogP contribution in [0.3, 0.4) is 0 Å². The van der Waals surface area contributed by atoms with Crippen LogP contribution in [0.15, 0.2) is 6.07 Å². The van der Waals surface area contributed by atoms with Gasteiger partial charge in [0.1, 0.15) is 0 Å². The van der Waals surface area contributed by atoms with E-state index in [1.165, 1.54) is 49.4 Å². The number of nitrogens with zero attached hydrogens (tertiary/aromatic N) is 2. The maximum absolute atomic E-state index is 3.61. The van der Waals surface area contributed by atoms with Crippen LogP contribution in [0.25, 0.3) is 0 Å². The van der Waals surface area contributed by atoms with E-state index in [1.54, 1.807) is 0 Å². The number of piperidine rings is 1. The highest BCUT2D eigenvalue weighted by atomic mass is 15.1. The molecule has 1 aliphatic rings. The van der Waals surface area contributed by atoms with Crippen molar-refractivity contribution in [3.05, 3.63) is 23.0 Å². The van der Waals surface area contributed by atoms with Crippen molar-refractivity contribution in [3.8, 4) is 0 Å². The Balaban J connectivity index is 1.71. The molecular weight excluding hydrogens is 246 g/mol. The molecule has 2 heterocycles. The molecule has 0 aliphatic carbocycles. The van der Waals surface area contributed by atoms with E-state index in [-0.39, 0.29) is 0 Å². The largest absolute Gasteiger partial charge is 0.349 e. The SMILES string of the molecule is CCn1c(C)cc(CNCCN2CCC(C)CC2)c1C. The van der Waals surface area contributed by atoms with Gasteiger partial charge in [0, 0.05) is 37.6 Å². The lowest BCUT2D eigenvalue weighted by molar-refractivity contribution is 0.193. The molecule has 0 aromatic carbocycles. The Bertz CT molecular complexity index is 414. The predicted octanol–water partition coefficient (Wildman–Crippen LogP) is 2.95. The van der Waals surface area contributed by atoms with Gasteiger partial charge in [-0.05, 0) is 64.3 Å². The number of nitrogens with one attached hydrogen (secondary N) is 1. The summed E-state index contributed by atoms with van der Waals surface area (Å²) in [6.07, 6.45) is 2.75. The number of aromatic nitrogens is 1. The Hall–Kier alpha value is -0.800. The quantitative estimate of drug-likeness (QED) is 0.807. The lowest BCUT2D eigenvalue weighted by Gasteiger charge is -2.30. The van der Waals surface area contributed by atoms with Crippen LogP contribution >= 0.6 is 0 Å². The Morgan fingerprint density at radius 1 is 1.25 bits per heavy atom. The summed E-state index contributed by atoms with van der Waals surface area (Å²) >= 11 is 0. The van der Waals surface area contributed by atoms with Gasteiger partial charge in [-0.2, -0.15) is 0 Å². The van der Waals surface area contributed by atoms with Crippen LogP contribution < -0.4 is 5.32 Å². The van der Waals surface area contributed by atoms with Crippen molar-refractivity contribution >= 4 is 0 Å². The lowest BCUT2D eigenvalue weighted by atomic mass is 9.99. The second kappa shape index (κ2) is 7.28. The van der Waals surface area contributed by atoms with Crippen LogP contribution in [0.1, 0.15) is 43.6 Å². The summed E-state index contributed by atoms with van der Waals surface area (Å²) in [6.45, 7) is 16.0. The van der Waals surface area contributed by atoms with Gasteiger partial charge in [0.15, 0.2) is 0 Å². The van der Waals surface area contributed by atoms with E-state index in [9.17, 15) is 0 Å². The van der Waals surface area contributed by atoms with E-state index in [2.05, 4.69) is 48.5 Å². The third kappa shape index (κ3) is 3.86. The van der Waals surface area contributed by atoms with E-state index in [0.29, 0.717) is 0 Å². The van der Waals surface area contributed by atoms with Gasteiger partial charge < -0.3 is 14.8 Å². The van der Waals surface area contributed by atoms with E-state index < -0.39 is 0 Å². The highest BCUT2D eigenvalue weighted by molar-refractivity contribution is 5.26. The van der Waals surface area contributed by atoms with Crippen LogP contribution in [0.5, 0.6) is 0 Å². The van der Waals surface area contributed by atoms with Crippen molar-refractivity contribution in [1.29, 1.82) is 0 Å². The topological polar surface area (TPSA) is 20.2 Å². The maximum atomic E-state index is 3.61. The van der Waals surface area contributed by atoms with Crippen molar-refractivity contribution in [2.45, 2.75) is 53.6 Å².